The Morgan fingerprint density at radius 2 is 2.11 bits per heavy atom. The Hall–Kier alpha value is -1.70. The highest BCUT2D eigenvalue weighted by Crippen LogP contribution is 2.34. The van der Waals surface area contributed by atoms with Crippen LogP contribution in [0.15, 0.2) is 10.8 Å². The van der Waals surface area contributed by atoms with Gasteiger partial charge in [0.2, 0.25) is 5.91 Å². The van der Waals surface area contributed by atoms with Crippen LogP contribution in [0.25, 0.3) is 0 Å². The van der Waals surface area contributed by atoms with Gasteiger partial charge in [-0.25, -0.2) is 9.97 Å². The van der Waals surface area contributed by atoms with Crippen molar-refractivity contribution < 1.29 is 9.59 Å². The summed E-state index contributed by atoms with van der Waals surface area (Å²) in [4.78, 5) is 33.4. The van der Waals surface area contributed by atoms with Gasteiger partial charge in [-0.15, -0.1) is 0 Å². The Bertz CT molecular complexity index is 546. The number of nitrogens with zero attached hydrogens (tertiary/aromatic N) is 3. The zero-order chi connectivity index (χ0) is 14.2. The van der Waals surface area contributed by atoms with Gasteiger partial charge in [0.15, 0.2) is 0 Å². The Kier molecular flexibility index (Phi) is 3.44. The SMILES string of the molecule is CNc1ncnc(N2CC(=O)NC(=O)C2(C)C)c1Br. The van der Waals surface area contributed by atoms with E-state index in [-0.39, 0.29) is 18.4 Å². The van der Waals surface area contributed by atoms with E-state index in [1.54, 1.807) is 25.8 Å². The molecule has 2 amide bonds. The Labute approximate surface area is 118 Å². The third kappa shape index (κ3) is 2.27. The molecule has 0 aromatic carbocycles. The molecule has 2 heterocycles. The molecule has 0 radical (unpaired) electrons. The molecule has 0 unspecified atom stereocenters. The minimum atomic E-state index is -0.865. The topological polar surface area (TPSA) is 87.2 Å². The lowest BCUT2D eigenvalue weighted by Gasteiger charge is -2.41. The summed E-state index contributed by atoms with van der Waals surface area (Å²) in [7, 11) is 1.73. The summed E-state index contributed by atoms with van der Waals surface area (Å²) < 4.78 is 0.619. The molecule has 102 valence electrons. The van der Waals surface area contributed by atoms with E-state index in [0.717, 1.165) is 0 Å². The molecule has 1 aliphatic rings. The second kappa shape index (κ2) is 4.76. The quantitative estimate of drug-likeness (QED) is 0.770. The fourth-order valence-corrected chi connectivity index (χ4v) is 2.46. The van der Waals surface area contributed by atoms with Gasteiger partial charge >= 0.3 is 0 Å². The Balaban J connectivity index is 2.50. The lowest BCUT2D eigenvalue weighted by Crippen LogP contribution is -2.64. The van der Waals surface area contributed by atoms with Crippen LogP contribution in [-0.4, -0.2) is 40.9 Å². The summed E-state index contributed by atoms with van der Waals surface area (Å²) in [6.07, 6.45) is 1.39. The highest BCUT2D eigenvalue weighted by molar-refractivity contribution is 9.10. The van der Waals surface area contributed by atoms with Crippen LogP contribution in [0.3, 0.4) is 0 Å². The van der Waals surface area contributed by atoms with Gasteiger partial charge in [-0.2, -0.15) is 0 Å². The molecular formula is C11H14BrN5O2. The number of aromatic nitrogens is 2. The highest BCUT2D eigenvalue weighted by Gasteiger charge is 2.42. The first-order valence-corrected chi connectivity index (χ1v) is 6.47. The van der Waals surface area contributed by atoms with Gasteiger partial charge in [0.05, 0.1) is 6.54 Å². The molecule has 1 aliphatic heterocycles. The third-order valence-electron chi connectivity index (χ3n) is 3.05. The van der Waals surface area contributed by atoms with Crippen LogP contribution in [0, 0.1) is 0 Å². The fourth-order valence-electron chi connectivity index (χ4n) is 1.85. The molecule has 2 rings (SSSR count). The minimum absolute atomic E-state index is 0.0670. The number of piperazine rings is 1. The van der Waals surface area contributed by atoms with E-state index < -0.39 is 5.54 Å². The number of amides is 2. The number of carbonyl (C=O) groups is 2. The average Bonchev–Trinajstić information content (AvgIpc) is 2.35. The van der Waals surface area contributed by atoms with E-state index in [2.05, 4.69) is 36.5 Å². The molecule has 1 fully saturated rings. The molecule has 0 aliphatic carbocycles. The molecule has 0 spiro atoms. The maximum atomic E-state index is 11.9. The molecule has 19 heavy (non-hydrogen) atoms. The molecule has 2 N–H and O–H groups in total. The maximum Gasteiger partial charge on any atom is 0.251 e. The number of imide groups is 1. The number of hydrogen-bond acceptors (Lipinski definition) is 6. The van der Waals surface area contributed by atoms with Gasteiger partial charge in [0.25, 0.3) is 5.91 Å². The second-order valence-electron chi connectivity index (χ2n) is 4.63. The number of anilines is 2. The average molecular weight is 328 g/mol. The molecular weight excluding hydrogens is 314 g/mol. The first kappa shape index (κ1) is 13.7. The zero-order valence-electron chi connectivity index (χ0n) is 10.8. The van der Waals surface area contributed by atoms with Gasteiger partial charge in [-0.1, -0.05) is 0 Å². The zero-order valence-corrected chi connectivity index (χ0v) is 12.4. The van der Waals surface area contributed by atoms with Crippen LogP contribution in [0.2, 0.25) is 0 Å². The maximum absolute atomic E-state index is 11.9. The largest absolute Gasteiger partial charge is 0.372 e. The first-order chi connectivity index (χ1) is 8.87. The molecule has 7 nitrogen and oxygen atoms in total. The Morgan fingerprint density at radius 1 is 1.42 bits per heavy atom. The van der Waals surface area contributed by atoms with E-state index in [4.69, 9.17) is 0 Å². The Morgan fingerprint density at radius 3 is 2.74 bits per heavy atom. The summed E-state index contributed by atoms with van der Waals surface area (Å²) in [6, 6.07) is 0. The number of rotatable bonds is 2. The standard InChI is InChI=1S/C11H14BrN5O2/c1-11(2)10(19)16-6(18)4-17(11)9-7(12)8(13-3)14-5-15-9/h5H,4H2,1-3H3,(H,13,14,15)(H,16,18,19). The smallest absolute Gasteiger partial charge is 0.251 e. The third-order valence-corrected chi connectivity index (χ3v) is 3.78. The molecule has 0 bridgehead atoms. The van der Waals surface area contributed by atoms with E-state index >= 15 is 0 Å². The van der Waals surface area contributed by atoms with Crippen molar-refractivity contribution in [1.82, 2.24) is 15.3 Å². The van der Waals surface area contributed by atoms with Crippen molar-refractivity contribution in [3.05, 3.63) is 10.8 Å². The molecule has 0 saturated carbocycles. The molecule has 1 aromatic heterocycles. The molecule has 1 aromatic rings. The predicted molar refractivity (Wildman–Crippen MR) is 73.9 cm³/mol. The van der Waals surface area contributed by atoms with Gasteiger partial charge in [-0.05, 0) is 29.8 Å². The van der Waals surface area contributed by atoms with Crippen molar-refractivity contribution in [3.63, 3.8) is 0 Å². The highest BCUT2D eigenvalue weighted by atomic mass is 79.9. The van der Waals surface area contributed by atoms with E-state index in [1.807, 2.05) is 0 Å². The normalized spacial score (nSPS) is 18.2. The summed E-state index contributed by atoms with van der Waals surface area (Å²) in [5.74, 6) is 0.410. The van der Waals surface area contributed by atoms with Crippen molar-refractivity contribution in [2.45, 2.75) is 19.4 Å². The molecule has 0 atom stereocenters. The minimum Gasteiger partial charge on any atom is -0.372 e. The van der Waals surface area contributed by atoms with Crippen LogP contribution in [-0.2, 0) is 9.59 Å². The molecule has 8 heteroatoms. The van der Waals surface area contributed by atoms with Gasteiger partial charge in [0, 0.05) is 7.05 Å². The van der Waals surface area contributed by atoms with Crippen molar-refractivity contribution >= 4 is 39.4 Å². The lowest BCUT2D eigenvalue weighted by molar-refractivity contribution is -0.135. The van der Waals surface area contributed by atoms with E-state index in [1.165, 1.54) is 6.33 Å². The fraction of sp³-hybridized carbons (Fsp3) is 0.455. The van der Waals surface area contributed by atoms with Gasteiger partial charge in [-0.3, -0.25) is 14.9 Å². The van der Waals surface area contributed by atoms with Crippen molar-refractivity contribution in [1.29, 1.82) is 0 Å². The van der Waals surface area contributed by atoms with Crippen LogP contribution in [0.1, 0.15) is 13.8 Å². The van der Waals surface area contributed by atoms with Crippen molar-refractivity contribution in [2.75, 3.05) is 23.8 Å². The summed E-state index contributed by atoms with van der Waals surface area (Å²) in [5.41, 5.74) is -0.865. The lowest BCUT2D eigenvalue weighted by atomic mass is 9.99. The summed E-state index contributed by atoms with van der Waals surface area (Å²) in [6.45, 7) is 3.54. The van der Waals surface area contributed by atoms with Crippen molar-refractivity contribution in [2.24, 2.45) is 0 Å². The van der Waals surface area contributed by atoms with E-state index in [0.29, 0.717) is 16.1 Å². The summed E-state index contributed by atoms with van der Waals surface area (Å²) in [5, 5.41) is 5.24. The van der Waals surface area contributed by atoms with Gasteiger partial charge < -0.3 is 10.2 Å². The van der Waals surface area contributed by atoms with Crippen LogP contribution >= 0.6 is 15.9 Å². The van der Waals surface area contributed by atoms with Crippen LogP contribution in [0.5, 0.6) is 0 Å². The van der Waals surface area contributed by atoms with E-state index in [9.17, 15) is 9.59 Å². The monoisotopic (exact) mass is 327 g/mol. The van der Waals surface area contributed by atoms with Crippen molar-refractivity contribution in [3.8, 4) is 0 Å². The number of hydrogen-bond donors (Lipinski definition) is 2. The predicted octanol–water partition coefficient (Wildman–Crippen LogP) is 0.522. The number of carbonyl (C=O) groups excluding carboxylic acids is 2. The van der Waals surface area contributed by atoms with Gasteiger partial charge in [0.1, 0.15) is 28.0 Å². The van der Waals surface area contributed by atoms with Crippen LogP contribution in [0.4, 0.5) is 11.6 Å². The molecule has 1 saturated heterocycles. The van der Waals surface area contributed by atoms with Crippen LogP contribution < -0.4 is 15.5 Å². The summed E-state index contributed by atoms with van der Waals surface area (Å²) >= 11 is 3.40. The number of nitrogens with one attached hydrogen (secondary N) is 2. The first-order valence-electron chi connectivity index (χ1n) is 5.68. The second-order valence-corrected chi connectivity index (χ2v) is 5.43. The number of halogens is 1.